The Hall–Kier alpha value is 0.837. The molecule has 0 aromatic rings. The van der Waals surface area contributed by atoms with Crippen LogP contribution >= 0.6 is 25.3 Å². The summed E-state index contributed by atoms with van der Waals surface area (Å²) in [6.45, 7) is 0. The summed E-state index contributed by atoms with van der Waals surface area (Å²) in [7, 11) is 1.98. The molecule has 2 nitrogen and oxygen atoms in total. The quantitative estimate of drug-likeness (QED) is 0.364. The van der Waals surface area contributed by atoms with Crippen molar-refractivity contribution in [3.63, 3.8) is 0 Å². The second-order valence-electron chi connectivity index (χ2n) is 1.10. The minimum absolute atomic E-state index is 0.0741. The van der Waals surface area contributed by atoms with Crippen LogP contribution in [-0.4, -0.2) is 27.7 Å². The zero-order valence-corrected chi connectivity index (χ0v) is 7.58. The Morgan fingerprint density at radius 3 is 1.62 bits per heavy atom. The lowest BCUT2D eigenvalue weighted by Crippen LogP contribution is -2.27. The van der Waals surface area contributed by atoms with Crippen LogP contribution < -0.4 is 0 Å². The summed E-state index contributed by atoms with van der Waals surface area (Å²) < 4.78 is 9.70. The maximum atomic E-state index is 4.89. The van der Waals surface area contributed by atoms with E-state index in [1.807, 2.05) is 0 Å². The fourth-order valence-electron chi connectivity index (χ4n) is 0.294. The fourth-order valence-corrected chi connectivity index (χ4v) is 2.15. The first-order valence-electron chi connectivity index (χ1n) is 2.03. The number of hydrogen-bond donors (Lipinski definition) is 2. The van der Waals surface area contributed by atoms with E-state index >= 15 is 0 Å². The highest BCUT2D eigenvalue weighted by molar-refractivity contribution is 8.01. The number of thiol groups is 2. The monoisotopic (exact) mass is 169 g/mol. The van der Waals surface area contributed by atoms with Gasteiger partial charge < -0.3 is 8.85 Å². The van der Waals surface area contributed by atoms with Gasteiger partial charge in [-0.1, -0.05) is 0 Å². The SMILES string of the molecule is CO[Si](OC)C(S)S. The zero-order valence-electron chi connectivity index (χ0n) is 4.79. The summed E-state index contributed by atoms with van der Waals surface area (Å²) in [5, 5.41) is 0. The van der Waals surface area contributed by atoms with Crippen molar-refractivity contribution in [2.75, 3.05) is 14.2 Å². The van der Waals surface area contributed by atoms with E-state index in [-0.39, 0.29) is 4.21 Å². The lowest BCUT2D eigenvalue weighted by molar-refractivity contribution is 0.282. The molecule has 0 aliphatic rings. The van der Waals surface area contributed by atoms with E-state index in [2.05, 4.69) is 25.3 Å². The maximum absolute atomic E-state index is 4.89. The van der Waals surface area contributed by atoms with Crippen LogP contribution in [0.5, 0.6) is 0 Å². The predicted molar refractivity (Wildman–Crippen MR) is 41.5 cm³/mol. The third-order valence-electron chi connectivity index (χ3n) is 0.613. The average molecular weight is 169 g/mol. The molecule has 0 saturated heterocycles. The van der Waals surface area contributed by atoms with Crippen molar-refractivity contribution in [1.29, 1.82) is 0 Å². The lowest BCUT2D eigenvalue weighted by Gasteiger charge is -2.09. The highest BCUT2D eigenvalue weighted by Gasteiger charge is 2.18. The van der Waals surface area contributed by atoms with Crippen LogP contribution in [0.15, 0.2) is 0 Å². The van der Waals surface area contributed by atoms with Gasteiger partial charge in [-0.25, -0.2) is 0 Å². The summed E-state index contributed by atoms with van der Waals surface area (Å²) in [5.74, 6) is 0. The second kappa shape index (κ2) is 4.69. The van der Waals surface area contributed by atoms with Crippen LogP contribution in [0.25, 0.3) is 0 Å². The first kappa shape index (κ1) is 8.84. The normalized spacial score (nSPS) is 11.2. The average Bonchev–Trinajstić information content (AvgIpc) is 1.69. The van der Waals surface area contributed by atoms with Crippen LogP contribution in [0.2, 0.25) is 0 Å². The lowest BCUT2D eigenvalue weighted by atomic mass is 11.8. The van der Waals surface area contributed by atoms with E-state index in [0.717, 1.165) is 0 Å². The van der Waals surface area contributed by atoms with E-state index in [0.29, 0.717) is 0 Å². The van der Waals surface area contributed by atoms with E-state index < -0.39 is 9.28 Å². The second-order valence-corrected chi connectivity index (χ2v) is 5.54. The van der Waals surface area contributed by atoms with Gasteiger partial charge in [-0.15, -0.1) is 0 Å². The van der Waals surface area contributed by atoms with Crippen LogP contribution in [0.4, 0.5) is 0 Å². The van der Waals surface area contributed by atoms with Crippen molar-refractivity contribution < 1.29 is 8.85 Å². The molecule has 0 rings (SSSR count). The van der Waals surface area contributed by atoms with Gasteiger partial charge in [0.1, 0.15) is 0 Å². The Morgan fingerprint density at radius 1 is 1.25 bits per heavy atom. The van der Waals surface area contributed by atoms with Gasteiger partial charge >= 0.3 is 9.28 Å². The third-order valence-corrected chi connectivity index (χ3v) is 3.10. The van der Waals surface area contributed by atoms with Crippen molar-refractivity contribution >= 4 is 34.5 Å². The molecule has 0 atom stereocenters. The molecule has 0 N–H and O–H groups in total. The van der Waals surface area contributed by atoms with Gasteiger partial charge in [0.25, 0.3) is 0 Å². The minimum atomic E-state index is -1.21. The number of rotatable bonds is 3. The van der Waals surface area contributed by atoms with Crippen LogP contribution in [0, 0.1) is 0 Å². The van der Waals surface area contributed by atoms with Gasteiger partial charge in [0.05, 0.1) is 4.21 Å². The Morgan fingerprint density at radius 2 is 1.62 bits per heavy atom. The first-order valence-corrected chi connectivity index (χ1v) is 4.46. The summed E-state index contributed by atoms with van der Waals surface area (Å²) in [6.07, 6.45) is 0. The molecule has 0 heterocycles. The molecule has 0 saturated carbocycles. The van der Waals surface area contributed by atoms with E-state index in [9.17, 15) is 0 Å². The van der Waals surface area contributed by atoms with Crippen molar-refractivity contribution in [3.8, 4) is 0 Å². The standard InChI is InChI=1S/C3H9O2S2Si/c1-4-8(5-2)3(6)7/h3,6-7H,1-2H3. The Kier molecular flexibility index (Phi) is 5.18. The van der Waals surface area contributed by atoms with Gasteiger partial charge in [-0.05, 0) is 0 Å². The highest BCUT2D eigenvalue weighted by Crippen LogP contribution is 2.05. The molecular weight excluding hydrogens is 160 g/mol. The molecule has 0 unspecified atom stereocenters. The van der Waals surface area contributed by atoms with E-state index in [4.69, 9.17) is 8.85 Å². The van der Waals surface area contributed by atoms with Gasteiger partial charge in [0, 0.05) is 14.2 Å². The molecule has 0 aliphatic carbocycles. The van der Waals surface area contributed by atoms with Crippen LogP contribution in [-0.2, 0) is 8.85 Å². The molecule has 0 amide bonds. The predicted octanol–water partition coefficient (Wildman–Crippen LogP) is 0.492. The molecule has 0 bridgehead atoms. The third kappa shape index (κ3) is 2.98. The van der Waals surface area contributed by atoms with Crippen LogP contribution in [0.3, 0.4) is 0 Å². The number of hydrogen-bond acceptors (Lipinski definition) is 4. The molecule has 49 valence electrons. The van der Waals surface area contributed by atoms with Crippen molar-refractivity contribution in [1.82, 2.24) is 0 Å². The van der Waals surface area contributed by atoms with Gasteiger partial charge in [0.2, 0.25) is 0 Å². The van der Waals surface area contributed by atoms with E-state index in [1.165, 1.54) is 0 Å². The van der Waals surface area contributed by atoms with Gasteiger partial charge in [-0.3, -0.25) is 0 Å². The summed E-state index contributed by atoms with van der Waals surface area (Å²) in [4.78, 5) is 0. The molecule has 1 radical (unpaired) electrons. The summed E-state index contributed by atoms with van der Waals surface area (Å²) >= 11 is 8.03. The van der Waals surface area contributed by atoms with Gasteiger partial charge in [-0.2, -0.15) is 25.3 Å². The van der Waals surface area contributed by atoms with Crippen LogP contribution in [0.1, 0.15) is 0 Å². The minimum Gasteiger partial charge on any atom is -0.396 e. The topological polar surface area (TPSA) is 18.5 Å². The Labute approximate surface area is 62.2 Å². The molecule has 0 aliphatic heterocycles. The molecule has 5 heteroatoms. The molecule has 8 heavy (non-hydrogen) atoms. The Balaban J connectivity index is 3.35. The molecule has 0 aromatic carbocycles. The van der Waals surface area contributed by atoms with Crippen molar-refractivity contribution in [2.45, 2.75) is 4.21 Å². The van der Waals surface area contributed by atoms with Gasteiger partial charge in [0.15, 0.2) is 0 Å². The summed E-state index contributed by atoms with van der Waals surface area (Å²) in [6, 6.07) is 0. The van der Waals surface area contributed by atoms with Crippen molar-refractivity contribution in [3.05, 3.63) is 0 Å². The largest absolute Gasteiger partial charge is 0.408 e. The first-order chi connectivity index (χ1) is 3.72. The van der Waals surface area contributed by atoms with E-state index in [1.54, 1.807) is 14.2 Å². The fraction of sp³-hybridized carbons (Fsp3) is 1.00. The van der Waals surface area contributed by atoms with Crippen molar-refractivity contribution in [2.24, 2.45) is 0 Å². The summed E-state index contributed by atoms with van der Waals surface area (Å²) in [5.41, 5.74) is 0. The highest BCUT2D eigenvalue weighted by atomic mass is 32.2. The molecule has 0 fully saturated rings. The molecule has 0 spiro atoms. The molecule has 0 aromatic heterocycles. The molecular formula is C3H9O2S2Si. The Bertz CT molecular complexity index is 57.2. The zero-order chi connectivity index (χ0) is 6.57. The smallest absolute Gasteiger partial charge is 0.396 e. The maximum Gasteiger partial charge on any atom is 0.408 e.